The molecular weight excluding hydrogens is 235 g/mol. The fraction of sp³-hybridized carbons (Fsp3) is 1.00. The molecule has 0 aliphatic rings. The van der Waals surface area contributed by atoms with E-state index in [1.165, 1.54) is 25.7 Å². The molecule has 0 heterocycles. The van der Waals surface area contributed by atoms with E-state index in [0.29, 0.717) is 6.42 Å². The molecular formula is C10H22O4V. The number of rotatable bonds is 8. The van der Waals surface area contributed by atoms with E-state index in [0.717, 1.165) is 30.2 Å². The van der Waals surface area contributed by atoms with Gasteiger partial charge in [-0.15, -0.1) is 0 Å². The van der Waals surface area contributed by atoms with Crippen LogP contribution in [0.25, 0.3) is 0 Å². The van der Waals surface area contributed by atoms with E-state index in [2.05, 4.69) is 6.92 Å². The fourth-order valence-electron chi connectivity index (χ4n) is 1.32. The molecule has 3 N–H and O–H groups in total. The molecule has 0 aromatic carbocycles. The van der Waals surface area contributed by atoms with Gasteiger partial charge in [0.1, 0.15) is 0 Å². The van der Waals surface area contributed by atoms with Crippen LogP contribution in [0.4, 0.5) is 0 Å². The van der Waals surface area contributed by atoms with E-state index in [4.69, 9.17) is 19.0 Å². The Kier molecular flexibility index (Phi) is 14.5. The first kappa shape index (κ1) is 17.7. The molecule has 0 unspecified atom stereocenters. The van der Waals surface area contributed by atoms with Crippen LogP contribution >= 0.6 is 0 Å². The van der Waals surface area contributed by atoms with E-state index in [1.807, 2.05) is 0 Å². The second-order valence-corrected chi connectivity index (χ2v) is 3.65. The Balaban J connectivity index is 0. The van der Waals surface area contributed by atoms with Gasteiger partial charge in [0.05, 0.1) is 0 Å². The summed E-state index contributed by atoms with van der Waals surface area (Å²) in [6.07, 6.45) is 7.82. The minimum atomic E-state index is -2.45. The number of aliphatic hydroxyl groups is 3. The van der Waals surface area contributed by atoms with Crippen LogP contribution < -0.4 is 0 Å². The second kappa shape index (κ2) is 12.3. The van der Waals surface area contributed by atoms with E-state index in [9.17, 15) is 0 Å². The third kappa shape index (κ3) is 20.4. The van der Waals surface area contributed by atoms with Crippen LogP contribution in [-0.2, 0) is 21.0 Å². The van der Waals surface area contributed by atoms with Gasteiger partial charge in [0, 0.05) is 6.42 Å². The monoisotopic (exact) mass is 257 g/mol. The molecule has 0 radical (unpaired) electrons. The fourth-order valence-corrected chi connectivity index (χ4v) is 1.32. The quantitative estimate of drug-likeness (QED) is 0.456. The van der Waals surface area contributed by atoms with E-state index < -0.39 is 5.97 Å². The molecule has 5 heteroatoms. The zero-order valence-electron chi connectivity index (χ0n) is 9.35. The molecule has 91 valence electrons. The number of hydrogen-bond acceptors (Lipinski definition) is 4. The van der Waals surface area contributed by atoms with Gasteiger partial charge in [-0.3, -0.25) is 0 Å². The van der Waals surface area contributed by atoms with E-state index in [-0.39, 0.29) is 6.42 Å². The van der Waals surface area contributed by atoms with Crippen molar-refractivity contribution in [2.45, 2.75) is 64.3 Å². The summed E-state index contributed by atoms with van der Waals surface area (Å²) in [6, 6.07) is 0. The summed E-state index contributed by atoms with van der Waals surface area (Å²) in [4.78, 5) is 0. The molecule has 0 saturated heterocycles. The number of unbranched alkanes of at least 4 members (excludes halogenated alkanes) is 6. The number of hydrogen-bond donors (Lipinski definition) is 3. The molecule has 0 amide bonds. The van der Waals surface area contributed by atoms with Crippen LogP contribution in [0.3, 0.4) is 0 Å². The van der Waals surface area contributed by atoms with Gasteiger partial charge in [-0.05, 0) is 6.42 Å². The minimum absolute atomic E-state index is 0.0563. The Morgan fingerprint density at radius 2 is 1.27 bits per heavy atom. The van der Waals surface area contributed by atoms with Gasteiger partial charge >= 0.3 is 21.0 Å². The van der Waals surface area contributed by atoms with E-state index in [1.54, 1.807) is 0 Å². The van der Waals surface area contributed by atoms with Crippen LogP contribution in [0.1, 0.15) is 58.3 Å². The Bertz CT molecular complexity index is 125. The maximum atomic E-state index is 8.57. The maximum absolute atomic E-state index is 8.57. The van der Waals surface area contributed by atoms with Crippen LogP contribution in [-0.4, -0.2) is 21.3 Å². The first-order valence-corrected chi connectivity index (χ1v) is 5.98. The Labute approximate surface area is 101 Å². The van der Waals surface area contributed by atoms with Gasteiger partial charge in [-0.25, -0.2) is 0 Å². The Morgan fingerprint density at radius 1 is 0.867 bits per heavy atom. The molecule has 0 fully saturated rings. The molecule has 0 aliphatic heterocycles. The molecule has 4 nitrogen and oxygen atoms in total. The molecule has 0 atom stereocenters. The summed E-state index contributed by atoms with van der Waals surface area (Å²) in [5.74, 6) is -2.45. The zero-order valence-corrected chi connectivity index (χ0v) is 10.8. The average Bonchev–Trinajstić information content (AvgIpc) is 2.18. The van der Waals surface area contributed by atoms with Gasteiger partial charge < -0.3 is 15.3 Å². The van der Waals surface area contributed by atoms with Crippen molar-refractivity contribution in [3.8, 4) is 0 Å². The molecule has 0 spiro atoms. The first-order valence-electron chi connectivity index (χ1n) is 5.41. The van der Waals surface area contributed by atoms with Crippen molar-refractivity contribution < 1.29 is 36.4 Å². The Morgan fingerprint density at radius 3 is 1.67 bits per heavy atom. The average molecular weight is 257 g/mol. The van der Waals surface area contributed by atoms with Crippen molar-refractivity contribution in [2.24, 2.45) is 0 Å². The molecule has 0 bridgehead atoms. The Hall–Kier alpha value is 0.264. The topological polar surface area (TPSA) is 77.8 Å². The third-order valence-corrected chi connectivity index (χ3v) is 2.12. The van der Waals surface area contributed by atoms with Crippen molar-refractivity contribution in [1.29, 1.82) is 0 Å². The second-order valence-electron chi connectivity index (χ2n) is 3.65. The predicted octanol–water partition coefficient (Wildman–Crippen LogP) is 1.64. The summed E-state index contributed by atoms with van der Waals surface area (Å²) >= 11 is 1.06. The van der Waals surface area contributed by atoms with Crippen LogP contribution in [0.15, 0.2) is 0 Å². The zero-order chi connectivity index (χ0) is 12.2. The standard InChI is InChI=1S/C10H22O3.O.V/c1-2-3-4-5-6-7-8-9-10(11,12)13;;/h11-13H,2-9H2,1H3;;. The summed E-state index contributed by atoms with van der Waals surface area (Å²) in [6.45, 7) is 2.18. The molecule has 0 aliphatic carbocycles. The normalized spacial score (nSPS) is 10.6. The molecule has 0 saturated carbocycles. The SMILES string of the molecule is CCCCCCCCCC(O)(O)O.[O]=[V]. The summed E-state index contributed by atoms with van der Waals surface area (Å²) in [5.41, 5.74) is 0. The van der Waals surface area contributed by atoms with Crippen LogP contribution in [0.2, 0.25) is 0 Å². The summed E-state index contributed by atoms with van der Waals surface area (Å²) in [7, 11) is 0. The van der Waals surface area contributed by atoms with Crippen LogP contribution in [0, 0.1) is 0 Å². The molecule has 0 aromatic heterocycles. The van der Waals surface area contributed by atoms with Crippen LogP contribution in [0.5, 0.6) is 0 Å². The van der Waals surface area contributed by atoms with Gasteiger partial charge in [-0.1, -0.05) is 45.4 Å². The van der Waals surface area contributed by atoms with Crippen molar-refractivity contribution in [3.05, 3.63) is 0 Å². The van der Waals surface area contributed by atoms with Crippen molar-refractivity contribution in [2.75, 3.05) is 0 Å². The van der Waals surface area contributed by atoms with Gasteiger partial charge in [0.25, 0.3) is 5.97 Å². The van der Waals surface area contributed by atoms with Crippen molar-refractivity contribution in [3.63, 3.8) is 0 Å². The van der Waals surface area contributed by atoms with E-state index >= 15 is 0 Å². The van der Waals surface area contributed by atoms with Gasteiger partial charge in [-0.2, -0.15) is 0 Å². The van der Waals surface area contributed by atoms with Gasteiger partial charge in [0.15, 0.2) is 0 Å². The van der Waals surface area contributed by atoms with Gasteiger partial charge in [0.2, 0.25) is 0 Å². The van der Waals surface area contributed by atoms with Crippen molar-refractivity contribution in [1.82, 2.24) is 0 Å². The third-order valence-electron chi connectivity index (χ3n) is 2.12. The van der Waals surface area contributed by atoms with Crippen molar-refractivity contribution >= 4 is 0 Å². The molecule has 0 aromatic rings. The molecule has 15 heavy (non-hydrogen) atoms. The predicted molar refractivity (Wildman–Crippen MR) is 52.7 cm³/mol. The summed E-state index contributed by atoms with van der Waals surface area (Å²) in [5, 5.41) is 25.7. The molecule has 0 rings (SSSR count). The summed E-state index contributed by atoms with van der Waals surface area (Å²) < 4.78 is 8.19. The first-order chi connectivity index (χ1) is 7.06.